The van der Waals surface area contributed by atoms with Crippen molar-refractivity contribution in [3.63, 3.8) is 0 Å². The van der Waals surface area contributed by atoms with Crippen LogP contribution in [0.4, 0.5) is 0 Å². The minimum atomic E-state index is -0.0166. The van der Waals surface area contributed by atoms with Crippen molar-refractivity contribution in [1.82, 2.24) is 10.2 Å². The first-order valence-electron chi connectivity index (χ1n) is 7.97. The summed E-state index contributed by atoms with van der Waals surface area (Å²) in [6, 6.07) is 8.06. The van der Waals surface area contributed by atoms with Gasteiger partial charge in [-0.15, -0.1) is 0 Å². The number of hydrogen-bond donors (Lipinski definition) is 1. The summed E-state index contributed by atoms with van der Waals surface area (Å²) < 4.78 is 5.60. The summed E-state index contributed by atoms with van der Waals surface area (Å²) in [7, 11) is 2.12. The fraction of sp³-hybridized carbons (Fsp3) is 0.500. The zero-order valence-electron chi connectivity index (χ0n) is 13.7. The van der Waals surface area contributed by atoms with Crippen LogP contribution in [0, 0.1) is 0 Å². The van der Waals surface area contributed by atoms with Crippen LogP contribution < -0.4 is 10.1 Å². The maximum Gasteiger partial charge on any atom is 0.244 e. The smallest absolute Gasteiger partial charge is 0.244 e. The molecule has 0 radical (unpaired) electrons. The topological polar surface area (TPSA) is 41.6 Å². The molecule has 0 atom stereocenters. The highest BCUT2D eigenvalue weighted by atomic mass is 16.5. The molecule has 0 spiro atoms. The van der Waals surface area contributed by atoms with Crippen LogP contribution in [0.3, 0.4) is 0 Å². The summed E-state index contributed by atoms with van der Waals surface area (Å²) in [5, 5.41) is 3.07. The van der Waals surface area contributed by atoms with Crippen molar-refractivity contribution < 1.29 is 9.53 Å². The number of ether oxygens (including phenoxy) is 1. The fourth-order valence-electron chi connectivity index (χ4n) is 2.50. The van der Waals surface area contributed by atoms with Gasteiger partial charge in [0.05, 0.1) is 6.10 Å². The zero-order chi connectivity index (χ0) is 15.9. The van der Waals surface area contributed by atoms with E-state index >= 15 is 0 Å². The number of carbonyl (C=O) groups is 1. The average molecular weight is 302 g/mol. The van der Waals surface area contributed by atoms with Crippen LogP contribution in [0.1, 0.15) is 32.3 Å². The van der Waals surface area contributed by atoms with Crippen molar-refractivity contribution >= 4 is 12.0 Å². The second-order valence-electron chi connectivity index (χ2n) is 6.16. The minimum Gasteiger partial charge on any atom is -0.491 e. The molecule has 120 valence electrons. The summed E-state index contributed by atoms with van der Waals surface area (Å²) in [4.78, 5) is 14.2. The Hall–Kier alpha value is -1.81. The van der Waals surface area contributed by atoms with Gasteiger partial charge >= 0.3 is 0 Å². The van der Waals surface area contributed by atoms with Crippen molar-refractivity contribution in [3.8, 4) is 5.75 Å². The summed E-state index contributed by atoms with van der Waals surface area (Å²) in [6.07, 6.45) is 5.66. The summed E-state index contributed by atoms with van der Waals surface area (Å²) >= 11 is 0. The number of rotatable bonds is 5. The number of nitrogens with zero attached hydrogens (tertiary/aromatic N) is 1. The van der Waals surface area contributed by atoms with Crippen molar-refractivity contribution in [3.05, 3.63) is 35.9 Å². The Morgan fingerprint density at radius 2 is 1.91 bits per heavy atom. The molecular formula is C18H26N2O2. The highest BCUT2D eigenvalue weighted by Crippen LogP contribution is 2.14. The van der Waals surface area contributed by atoms with Crippen molar-refractivity contribution in [2.75, 3.05) is 20.1 Å². The molecule has 4 heteroatoms. The van der Waals surface area contributed by atoms with Gasteiger partial charge in [-0.05, 0) is 70.6 Å². The molecule has 1 aromatic rings. The molecule has 1 aromatic carbocycles. The lowest BCUT2D eigenvalue weighted by atomic mass is 10.1. The van der Waals surface area contributed by atoms with Crippen molar-refractivity contribution in [1.29, 1.82) is 0 Å². The van der Waals surface area contributed by atoms with E-state index in [1.807, 2.05) is 44.2 Å². The molecule has 0 aromatic heterocycles. The monoisotopic (exact) mass is 302 g/mol. The van der Waals surface area contributed by atoms with Crippen molar-refractivity contribution in [2.24, 2.45) is 0 Å². The first-order valence-corrected chi connectivity index (χ1v) is 7.97. The Morgan fingerprint density at radius 3 is 2.50 bits per heavy atom. The lowest BCUT2D eigenvalue weighted by Crippen LogP contribution is -2.42. The van der Waals surface area contributed by atoms with E-state index in [1.54, 1.807) is 6.08 Å². The van der Waals surface area contributed by atoms with E-state index < -0.39 is 0 Å². The molecule has 1 N–H and O–H groups in total. The number of benzene rings is 1. The number of hydrogen-bond acceptors (Lipinski definition) is 3. The van der Waals surface area contributed by atoms with Crippen LogP contribution in [0.5, 0.6) is 5.75 Å². The number of likely N-dealkylation sites (tertiary alicyclic amines) is 1. The molecule has 0 aliphatic carbocycles. The molecule has 1 fully saturated rings. The van der Waals surface area contributed by atoms with Crippen LogP contribution in [0.2, 0.25) is 0 Å². The van der Waals surface area contributed by atoms with E-state index in [2.05, 4.69) is 17.3 Å². The van der Waals surface area contributed by atoms with Gasteiger partial charge in [-0.1, -0.05) is 12.1 Å². The third-order valence-electron chi connectivity index (χ3n) is 3.74. The second-order valence-corrected chi connectivity index (χ2v) is 6.16. The molecule has 1 saturated heterocycles. The van der Waals surface area contributed by atoms with Crippen LogP contribution in [-0.2, 0) is 4.79 Å². The lowest BCUT2D eigenvalue weighted by Gasteiger charge is -2.29. The van der Waals surface area contributed by atoms with E-state index in [9.17, 15) is 4.79 Å². The SMILES string of the molecule is CC(C)Oc1ccc(C=CC(=O)NC2CCN(C)CC2)cc1. The second kappa shape index (κ2) is 7.99. The Labute approximate surface area is 133 Å². The molecule has 1 amide bonds. The Morgan fingerprint density at radius 1 is 1.27 bits per heavy atom. The van der Waals surface area contributed by atoms with Crippen LogP contribution in [0.25, 0.3) is 6.08 Å². The van der Waals surface area contributed by atoms with Gasteiger partial charge in [-0.25, -0.2) is 0 Å². The van der Waals surface area contributed by atoms with Gasteiger partial charge in [0, 0.05) is 12.1 Å². The molecule has 4 nitrogen and oxygen atoms in total. The third-order valence-corrected chi connectivity index (χ3v) is 3.74. The van der Waals surface area contributed by atoms with Gasteiger partial charge < -0.3 is 15.0 Å². The quantitative estimate of drug-likeness (QED) is 0.850. The third kappa shape index (κ3) is 5.53. The molecule has 22 heavy (non-hydrogen) atoms. The molecule has 0 bridgehead atoms. The van der Waals surface area contributed by atoms with E-state index in [1.165, 1.54) is 0 Å². The number of carbonyl (C=O) groups excluding carboxylic acids is 1. The standard InChI is InChI=1S/C18H26N2O2/c1-14(2)22-17-7-4-15(5-8-17)6-9-18(21)19-16-10-12-20(3)13-11-16/h4-9,14,16H,10-13H2,1-3H3,(H,19,21). The zero-order valence-corrected chi connectivity index (χ0v) is 13.7. The van der Waals surface area contributed by atoms with Gasteiger partial charge in [0.15, 0.2) is 0 Å². The van der Waals surface area contributed by atoms with Crippen LogP contribution in [0.15, 0.2) is 30.3 Å². The summed E-state index contributed by atoms with van der Waals surface area (Å²) in [5.74, 6) is 0.833. The fourth-order valence-corrected chi connectivity index (χ4v) is 2.50. The number of nitrogens with one attached hydrogen (secondary N) is 1. The van der Waals surface area contributed by atoms with Crippen molar-refractivity contribution in [2.45, 2.75) is 38.8 Å². The molecular weight excluding hydrogens is 276 g/mol. The first kappa shape index (κ1) is 16.6. The van der Waals surface area contributed by atoms with Gasteiger partial charge in [0.2, 0.25) is 5.91 Å². The van der Waals surface area contributed by atoms with Gasteiger partial charge in [0.25, 0.3) is 0 Å². The Kier molecular flexibility index (Phi) is 6.01. The molecule has 2 rings (SSSR count). The van der Waals surface area contributed by atoms with Gasteiger partial charge in [-0.2, -0.15) is 0 Å². The maximum atomic E-state index is 11.9. The van der Waals surface area contributed by atoms with E-state index in [0.717, 1.165) is 37.2 Å². The largest absolute Gasteiger partial charge is 0.491 e. The average Bonchev–Trinajstić information content (AvgIpc) is 2.48. The minimum absolute atomic E-state index is 0.0166. The summed E-state index contributed by atoms with van der Waals surface area (Å²) in [6.45, 7) is 6.10. The highest BCUT2D eigenvalue weighted by molar-refractivity contribution is 5.91. The number of piperidine rings is 1. The van der Waals surface area contributed by atoms with Crippen LogP contribution in [-0.4, -0.2) is 43.1 Å². The lowest BCUT2D eigenvalue weighted by molar-refractivity contribution is -0.117. The van der Waals surface area contributed by atoms with E-state index in [4.69, 9.17) is 4.74 Å². The maximum absolute atomic E-state index is 11.9. The predicted octanol–water partition coefficient (Wildman–Crippen LogP) is 2.70. The van der Waals surface area contributed by atoms with Gasteiger partial charge in [0.1, 0.15) is 5.75 Å². The molecule has 1 aliphatic rings. The Balaban J connectivity index is 1.81. The van der Waals surface area contributed by atoms with Gasteiger partial charge in [-0.3, -0.25) is 4.79 Å². The normalized spacial score (nSPS) is 17.1. The predicted molar refractivity (Wildman–Crippen MR) is 89.9 cm³/mol. The Bertz CT molecular complexity index is 500. The molecule has 0 saturated carbocycles. The molecule has 1 heterocycles. The summed E-state index contributed by atoms with van der Waals surface area (Å²) in [5.41, 5.74) is 0.995. The molecule has 1 aliphatic heterocycles. The first-order chi connectivity index (χ1) is 10.5. The van der Waals surface area contributed by atoms with Crippen LogP contribution >= 0.6 is 0 Å². The highest BCUT2D eigenvalue weighted by Gasteiger charge is 2.17. The number of amides is 1. The van der Waals surface area contributed by atoms with E-state index in [0.29, 0.717) is 6.04 Å². The molecule has 0 unspecified atom stereocenters. The van der Waals surface area contributed by atoms with E-state index in [-0.39, 0.29) is 12.0 Å².